The minimum absolute atomic E-state index is 0.192. The normalized spacial score (nSPS) is 11.8. The third kappa shape index (κ3) is 4.63. The second-order valence-electron chi connectivity index (χ2n) is 6.26. The number of aromatic nitrogens is 1. The van der Waals surface area contributed by atoms with Gasteiger partial charge >= 0.3 is 5.97 Å². The molecule has 0 aliphatic heterocycles. The lowest BCUT2D eigenvalue weighted by Crippen LogP contribution is -2.35. The number of benzene rings is 2. The number of hydrogen-bond acceptors (Lipinski definition) is 4. The van der Waals surface area contributed by atoms with Gasteiger partial charge in [-0.15, -0.1) is 0 Å². The molecule has 0 aliphatic carbocycles. The van der Waals surface area contributed by atoms with Crippen LogP contribution in [-0.2, 0) is 16.1 Å². The zero-order valence-electron chi connectivity index (χ0n) is 15.0. The van der Waals surface area contributed by atoms with Crippen LogP contribution in [0, 0.1) is 6.92 Å². The predicted molar refractivity (Wildman–Crippen MR) is 105 cm³/mol. The summed E-state index contributed by atoms with van der Waals surface area (Å²) in [7, 11) is 0. The molecule has 0 radical (unpaired) electrons. The molecule has 1 amide bonds. The number of para-hydroxylation sites is 1. The van der Waals surface area contributed by atoms with E-state index < -0.39 is 12.1 Å². The van der Waals surface area contributed by atoms with Crippen LogP contribution in [0.2, 0.25) is 5.15 Å². The number of pyridine rings is 1. The Kier molecular flexibility index (Phi) is 5.72. The van der Waals surface area contributed by atoms with E-state index >= 15 is 0 Å². The average molecular weight is 383 g/mol. The zero-order valence-corrected chi connectivity index (χ0v) is 15.8. The van der Waals surface area contributed by atoms with Gasteiger partial charge in [0, 0.05) is 11.9 Å². The van der Waals surface area contributed by atoms with E-state index in [2.05, 4.69) is 10.3 Å². The summed E-state index contributed by atoms with van der Waals surface area (Å²) in [5, 5.41) is 3.58. The third-order valence-corrected chi connectivity index (χ3v) is 4.34. The van der Waals surface area contributed by atoms with Gasteiger partial charge in [0.25, 0.3) is 5.91 Å². The fourth-order valence-electron chi connectivity index (χ4n) is 2.63. The van der Waals surface area contributed by atoms with Crippen molar-refractivity contribution in [1.29, 1.82) is 0 Å². The molecule has 0 saturated carbocycles. The molecule has 1 atom stereocenters. The Hall–Kier alpha value is -2.92. The van der Waals surface area contributed by atoms with Crippen LogP contribution in [0.25, 0.3) is 10.9 Å². The lowest BCUT2D eigenvalue weighted by molar-refractivity contribution is -0.129. The van der Waals surface area contributed by atoms with Crippen LogP contribution in [0.1, 0.15) is 28.4 Å². The third-order valence-electron chi connectivity index (χ3n) is 4.15. The van der Waals surface area contributed by atoms with Crippen LogP contribution in [-0.4, -0.2) is 23.0 Å². The topological polar surface area (TPSA) is 68.3 Å². The maximum Gasteiger partial charge on any atom is 0.339 e. The number of ether oxygens (including phenoxy) is 1. The highest BCUT2D eigenvalue weighted by Crippen LogP contribution is 2.22. The summed E-state index contributed by atoms with van der Waals surface area (Å²) in [4.78, 5) is 29.0. The van der Waals surface area contributed by atoms with Crippen molar-refractivity contribution in [2.24, 2.45) is 0 Å². The van der Waals surface area contributed by atoms with E-state index in [1.807, 2.05) is 37.3 Å². The number of carbonyl (C=O) groups excluding carboxylic acids is 2. The molecule has 3 aromatic rings. The minimum Gasteiger partial charge on any atom is -0.449 e. The number of aryl methyl sites for hydroxylation is 1. The summed E-state index contributed by atoms with van der Waals surface area (Å²) in [6.45, 7) is 3.90. The van der Waals surface area contributed by atoms with Gasteiger partial charge in [-0.2, -0.15) is 0 Å². The molecule has 0 aliphatic rings. The summed E-state index contributed by atoms with van der Waals surface area (Å²) in [6, 6.07) is 16.4. The Labute approximate surface area is 162 Å². The van der Waals surface area contributed by atoms with Crippen molar-refractivity contribution in [3.8, 4) is 0 Å². The van der Waals surface area contributed by atoms with Crippen molar-refractivity contribution in [3.05, 3.63) is 76.4 Å². The number of amides is 1. The minimum atomic E-state index is -0.936. The molecule has 5 nitrogen and oxygen atoms in total. The predicted octanol–water partition coefficient (Wildman–Crippen LogP) is 4.06. The smallest absolute Gasteiger partial charge is 0.339 e. The molecule has 0 fully saturated rings. The maximum atomic E-state index is 12.5. The first-order valence-electron chi connectivity index (χ1n) is 8.53. The lowest BCUT2D eigenvalue weighted by atomic mass is 10.1. The van der Waals surface area contributed by atoms with Crippen molar-refractivity contribution in [1.82, 2.24) is 10.3 Å². The van der Waals surface area contributed by atoms with E-state index in [0.29, 0.717) is 17.4 Å². The van der Waals surface area contributed by atoms with Gasteiger partial charge in [-0.3, -0.25) is 4.79 Å². The van der Waals surface area contributed by atoms with Crippen molar-refractivity contribution in [2.75, 3.05) is 0 Å². The number of nitrogens with zero attached hydrogens (tertiary/aromatic N) is 1. The Morgan fingerprint density at radius 2 is 1.85 bits per heavy atom. The number of carbonyl (C=O) groups is 2. The number of hydrogen-bond donors (Lipinski definition) is 1. The highest BCUT2D eigenvalue weighted by Gasteiger charge is 2.21. The lowest BCUT2D eigenvalue weighted by Gasteiger charge is -2.14. The standard InChI is InChI=1S/C21H19ClN2O3/c1-13-7-9-15(10-8-13)12-23-20(25)14(2)27-21(26)17-11-19(22)24-18-6-4-3-5-16(17)18/h3-11,14H,12H2,1-2H3,(H,23,25)/t14-/m0/s1. The van der Waals surface area contributed by atoms with Gasteiger partial charge in [0.1, 0.15) is 5.15 Å². The summed E-state index contributed by atoms with van der Waals surface area (Å²) < 4.78 is 5.33. The molecule has 27 heavy (non-hydrogen) atoms. The Morgan fingerprint density at radius 3 is 2.59 bits per heavy atom. The molecule has 138 valence electrons. The Balaban J connectivity index is 1.66. The van der Waals surface area contributed by atoms with E-state index in [1.54, 1.807) is 18.2 Å². The first-order valence-corrected chi connectivity index (χ1v) is 8.91. The van der Waals surface area contributed by atoms with Crippen molar-refractivity contribution in [2.45, 2.75) is 26.5 Å². The average Bonchev–Trinajstić information content (AvgIpc) is 2.66. The van der Waals surface area contributed by atoms with Crippen LogP contribution in [0.3, 0.4) is 0 Å². The fraction of sp³-hybridized carbons (Fsp3) is 0.190. The molecule has 0 bridgehead atoms. The molecular formula is C21H19ClN2O3. The van der Waals surface area contributed by atoms with Gasteiger partial charge in [0.2, 0.25) is 0 Å². The summed E-state index contributed by atoms with van der Waals surface area (Å²) >= 11 is 6.00. The first kappa shape index (κ1) is 18.9. The van der Waals surface area contributed by atoms with Crippen molar-refractivity contribution < 1.29 is 14.3 Å². The van der Waals surface area contributed by atoms with Gasteiger partial charge in [0.15, 0.2) is 6.10 Å². The number of rotatable bonds is 5. The molecular weight excluding hydrogens is 364 g/mol. The van der Waals surface area contributed by atoms with Crippen LogP contribution in [0.15, 0.2) is 54.6 Å². The maximum absolute atomic E-state index is 12.5. The van der Waals surface area contributed by atoms with Gasteiger partial charge in [-0.1, -0.05) is 59.6 Å². The second kappa shape index (κ2) is 8.18. The number of fused-ring (bicyclic) bond motifs is 1. The van der Waals surface area contributed by atoms with E-state index in [1.165, 1.54) is 13.0 Å². The second-order valence-corrected chi connectivity index (χ2v) is 6.65. The molecule has 6 heteroatoms. The molecule has 1 aromatic heterocycles. The first-order chi connectivity index (χ1) is 12.9. The van der Waals surface area contributed by atoms with Gasteiger partial charge < -0.3 is 10.1 Å². The van der Waals surface area contributed by atoms with Crippen LogP contribution in [0.5, 0.6) is 0 Å². The monoisotopic (exact) mass is 382 g/mol. The Morgan fingerprint density at radius 1 is 1.15 bits per heavy atom. The molecule has 0 unspecified atom stereocenters. The van der Waals surface area contributed by atoms with Crippen LogP contribution >= 0.6 is 11.6 Å². The van der Waals surface area contributed by atoms with Crippen molar-refractivity contribution in [3.63, 3.8) is 0 Å². The molecule has 3 rings (SSSR count). The molecule has 2 aromatic carbocycles. The molecule has 1 heterocycles. The summed E-state index contributed by atoms with van der Waals surface area (Å²) in [5.74, 6) is -0.984. The number of esters is 1. The number of halogens is 1. The van der Waals surface area contributed by atoms with Crippen LogP contribution < -0.4 is 5.32 Å². The van der Waals surface area contributed by atoms with E-state index in [0.717, 1.165) is 11.1 Å². The van der Waals surface area contributed by atoms with Gasteiger partial charge in [-0.25, -0.2) is 9.78 Å². The van der Waals surface area contributed by atoms with E-state index in [4.69, 9.17) is 16.3 Å². The number of nitrogens with one attached hydrogen (secondary N) is 1. The molecule has 0 spiro atoms. The van der Waals surface area contributed by atoms with E-state index in [9.17, 15) is 9.59 Å². The molecule has 0 saturated heterocycles. The van der Waals surface area contributed by atoms with Gasteiger partial charge in [0.05, 0.1) is 11.1 Å². The zero-order chi connectivity index (χ0) is 19.4. The highest BCUT2D eigenvalue weighted by molar-refractivity contribution is 6.30. The van der Waals surface area contributed by atoms with Gasteiger partial charge in [-0.05, 0) is 31.5 Å². The SMILES string of the molecule is Cc1ccc(CNC(=O)[C@H](C)OC(=O)c2cc(Cl)nc3ccccc23)cc1. The largest absolute Gasteiger partial charge is 0.449 e. The fourth-order valence-corrected chi connectivity index (χ4v) is 2.83. The molecule has 1 N–H and O–H groups in total. The van der Waals surface area contributed by atoms with E-state index in [-0.39, 0.29) is 16.6 Å². The van der Waals surface area contributed by atoms with Crippen molar-refractivity contribution >= 4 is 34.4 Å². The quantitative estimate of drug-likeness (QED) is 0.533. The summed E-state index contributed by atoms with van der Waals surface area (Å²) in [6.07, 6.45) is -0.936. The summed E-state index contributed by atoms with van der Waals surface area (Å²) in [5.41, 5.74) is 2.99. The van der Waals surface area contributed by atoms with Crippen LogP contribution in [0.4, 0.5) is 0 Å². The highest BCUT2D eigenvalue weighted by atomic mass is 35.5. The Bertz CT molecular complexity index is 986.